The molecular formula is C17H20O2. The van der Waals surface area contributed by atoms with Gasteiger partial charge in [-0.15, -0.1) is 0 Å². The number of Topliss-reactive ketones (excluding diaryl/α,β-unsaturated/α-hetero) is 2. The molecule has 0 N–H and O–H groups in total. The lowest BCUT2D eigenvalue weighted by molar-refractivity contribution is -0.123. The van der Waals surface area contributed by atoms with Crippen molar-refractivity contribution in [1.29, 1.82) is 0 Å². The molecule has 0 saturated heterocycles. The first-order chi connectivity index (χ1) is 9.06. The van der Waals surface area contributed by atoms with Crippen molar-refractivity contribution in [2.75, 3.05) is 0 Å². The smallest absolute Gasteiger partial charge is 0.166 e. The third-order valence-electron chi connectivity index (χ3n) is 6.05. The van der Waals surface area contributed by atoms with Gasteiger partial charge in [0, 0.05) is 17.4 Å². The molecule has 0 aromatic rings. The Hall–Kier alpha value is -1.18. The first-order valence-corrected chi connectivity index (χ1v) is 7.56. The van der Waals surface area contributed by atoms with E-state index in [9.17, 15) is 9.59 Å². The largest absolute Gasteiger partial charge is 0.294 e. The minimum absolute atomic E-state index is 0.106. The van der Waals surface area contributed by atoms with Crippen LogP contribution in [0.5, 0.6) is 0 Å². The molecule has 1 spiro atoms. The second-order valence-corrected chi connectivity index (χ2v) is 6.94. The zero-order valence-corrected chi connectivity index (χ0v) is 11.7. The number of rotatable bonds is 0. The monoisotopic (exact) mass is 256 g/mol. The molecule has 1 saturated carbocycles. The lowest BCUT2D eigenvalue weighted by Gasteiger charge is -2.33. The van der Waals surface area contributed by atoms with Crippen LogP contribution in [-0.2, 0) is 9.59 Å². The predicted molar refractivity (Wildman–Crippen MR) is 72.5 cm³/mol. The fraction of sp³-hybridized carbons (Fsp3) is 0.647. The molecule has 0 bridgehead atoms. The molecule has 0 heterocycles. The SMILES string of the molecule is CC1=CC2C(C1=O)C1=C(CC(C)C1=O)C21CCCC1. The van der Waals surface area contributed by atoms with Crippen LogP contribution in [0, 0.1) is 23.2 Å². The van der Waals surface area contributed by atoms with Gasteiger partial charge in [0.25, 0.3) is 0 Å². The van der Waals surface area contributed by atoms with E-state index in [1.54, 1.807) is 0 Å². The third kappa shape index (κ3) is 1.19. The Kier molecular flexibility index (Phi) is 2.13. The van der Waals surface area contributed by atoms with Crippen LogP contribution in [0.4, 0.5) is 0 Å². The van der Waals surface area contributed by atoms with E-state index in [0.29, 0.717) is 5.92 Å². The summed E-state index contributed by atoms with van der Waals surface area (Å²) in [6.45, 7) is 3.95. The summed E-state index contributed by atoms with van der Waals surface area (Å²) in [7, 11) is 0. The molecule has 19 heavy (non-hydrogen) atoms. The van der Waals surface area contributed by atoms with Crippen molar-refractivity contribution < 1.29 is 9.59 Å². The molecule has 4 rings (SSSR count). The summed E-state index contributed by atoms with van der Waals surface area (Å²) in [5.41, 5.74) is 3.39. The molecule has 3 unspecified atom stereocenters. The maximum absolute atomic E-state index is 12.5. The van der Waals surface area contributed by atoms with Crippen LogP contribution in [0.1, 0.15) is 46.0 Å². The third-order valence-corrected chi connectivity index (χ3v) is 6.05. The van der Waals surface area contributed by atoms with E-state index in [2.05, 4.69) is 6.08 Å². The quantitative estimate of drug-likeness (QED) is 0.667. The number of ketones is 2. The normalized spacial score (nSPS) is 39.3. The van der Waals surface area contributed by atoms with Crippen molar-refractivity contribution in [3.8, 4) is 0 Å². The van der Waals surface area contributed by atoms with Gasteiger partial charge >= 0.3 is 0 Å². The van der Waals surface area contributed by atoms with Crippen molar-refractivity contribution in [3.63, 3.8) is 0 Å². The highest BCUT2D eigenvalue weighted by Gasteiger charge is 2.61. The van der Waals surface area contributed by atoms with Crippen LogP contribution in [-0.4, -0.2) is 11.6 Å². The number of carbonyl (C=O) groups excluding carboxylic acids is 2. The Labute approximate surface area is 113 Å². The minimum Gasteiger partial charge on any atom is -0.294 e. The average molecular weight is 256 g/mol. The molecule has 3 atom stereocenters. The van der Waals surface area contributed by atoms with Crippen molar-refractivity contribution >= 4 is 11.6 Å². The van der Waals surface area contributed by atoms with E-state index >= 15 is 0 Å². The van der Waals surface area contributed by atoms with Crippen molar-refractivity contribution in [2.45, 2.75) is 46.0 Å². The van der Waals surface area contributed by atoms with Gasteiger partial charge in [0.2, 0.25) is 0 Å². The van der Waals surface area contributed by atoms with E-state index in [-0.39, 0.29) is 28.8 Å². The molecule has 0 amide bonds. The summed E-state index contributed by atoms with van der Waals surface area (Å²) in [5, 5.41) is 0. The molecule has 0 aliphatic heterocycles. The molecule has 2 nitrogen and oxygen atoms in total. The minimum atomic E-state index is -0.106. The molecular weight excluding hydrogens is 236 g/mol. The van der Waals surface area contributed by atoms with E-state index in [1.807, 2.05) is 13.8 Å². The number of carbonyl (C=O) groups is 2. The highest BCUT2D eigenvalue weighted by molar-refractivity contribution is 6.12. The Morgan fingerprint density at radius 2 is 1.84 bits per heavy atom. The molecule has 2 heteroatoms. The average Bonchev–Trinajstić information content (AvgIpc) is 3.08. The number of allylic oxidation sites excluding steroid dienone is 4. The fourth-order valence-corrected chi connectivity index (χ4v) is 5.22. The van der Waals surface area contributed by atoms with Crippen molar-refractivity contribution in [2.24, 2.45) is 23.2 Å². The number of hydrogen-bond donors (Lipinski definition) is 0. The summed E-state index contributed by atoms with van der Waals surface area (Å²) in [6.07, 6.45) is 7.98. The Balaban J connectivity index is 1.90. The molecule has 0 radical (unpaired) electrons. The van der Waals surface area contributed by atoms with E-state index in [4.69, 9.17) is 0 Å². The van der Waals surface area contributed by atoms with Crippen LogP contribution in [0.2, 0.25) is 0 Å². The van der Waals surface area contributed by atoms with Crippen LogP contribution in [0.15, 0.2) is 22.8 Å². The summed E-state index contributed by atoms with van der Waals surface area (Å²) < 4.78 is 0. The Morgan fingerprint density at radius 1 is 1.16 bits per heavy atom. The van der Waals surface area contributed by atoms with Gasteiger partial charge in [-0.3, -0.25) is 9.59 Å². The van der Waals surface area contributed by atoms with Crippen LogP contribution >= 0.6 is 0 Å². The summed E-state index contributed by atoms with van der Waals surface area (Å²) in [4.78, 5) is 25.0. The standard InChI is InChI=1S/C17H20O2/c1-9-7-11-13(15(9)18)14-12(8-10(2)16(14)19)17(11)5-3-4-6-17/h7,10-11,13H,3-6,8H2,1-2H3. The van der Waals surface area contributed by atoms with E-state index < -0.39 is 0 Å². The van der Waals surface area contributed by atoms with Gasteiger partial charge in [-0.05, 0) is 37.2 Å². The molecule has 0 aromatic carbocycles. The first kappa shape index (κ1) is 11.6. The highest BCUT2D eigenvalue weighted by Crippen LogP contribution is 2.65. The molecule has 100 valence electrons. The number of hydrogen-bond acceptors (Lipinski definition) is 2. The molecule has 4 aliphatic carbocycles. The van der Waals surface area contributed by atoms with Gasteiger partial charge < -0.3 is 0 Å². The van der Waals surface area contributed by atoms with Gasteiger partial charge in [0.05, 0.1) is 5.92 Å². The zero-order chi connectivity index (χ0) is 13.4. The van der Waals surface area contributed by atoms with Gasteiger partial charge in [-0.25, -0.2) is 0 Å². The number of fused-ring (bicyclic) bond motifs is 4. The lowest BCUT2D eigenvalue weighted by atomic mass is 9.69. The summed E-state index contributed by atoms with van der Waals surface area (Å²) in [6, 6.07) is 0. The maximum atomic E-state index is 12.5. The zero-order valence-electron chi connectivity index (χ0n) is 11.7. The van der Waals surface area contributed by atoms with Gasteiger partial charge in [0.1, 0.15) is 0 Å². The van der Waals surface area contributed by atoms with Crippen LogP contribution < -0.4 is 0 Å². The Bertz CT molecular complexity index is 558. The fourth-order valence-electron chi connectivity index (χ4n) is 5.22. The van der Waals surface area contributed by atoms with Gasteiger partial charge in [-0.1, -0.05) is 31.4 Å². The summed E-state index contributed by atoms with van der Waals surface area (Å²) >= 11 is 0. The van der Waals surface area contributed by atoms with Crippen molar-refractivity contribution in [3.05, 3.63) is 22.8 Å². The van der Waals surface area contributed by atoms with Gasteiger partial charge in [0.15, 0.2) is 11.6 Å². The Morgan fingerprint density at radius 3 is 2.53 bits per heavy atom. The van der Waals surface area contributed by atoms with Crippen LogP contribution in [0.25, 0.3) is 0 Å². The van der Waals surface area contributed by atoms with Crippen molar-refractivity contribution in [1.82, 2.24) is 0 Å². The molecule has 1 fully saturated rings. The topological polar surface area (TPSA) is 34.1 Å². The predicted octanol–water partition coefficient (Wildman–Crippen LogP) is 3.23. The highest BCUT2D eigenvalue weighted by atomic mass is 16.1. The van der Waals surface area contributed by atoms with E-state index in [1.165, 1.54) is 31.3 Å². The van der Waals surface area contributed by atoms with Crippen LogP contribution in [0.3, 0.4) is 0 Å². The maximum Gasteiger partial charge on any atom is 0.166 e. The summed E-state index contributed by atoms with van der Waals surface area (Å²) in [5.74, 6) is 0.806. The van der Waals surface area contributed by atoms with Gasteiger partial charge in [-0.2, -0.15) is 0 Å². The second-order valence-electron chi connectivity index (χ2n) is 6.94. The molecule has 4 aliphatic rings. The first-order valence-electron chi connectivity index (χ1n) is 7.56. The lowest BCUT2D eigenvalue weighted by Crippen LogP contribution is -2.30. The van der Waals surface area contributed by atoms with E-state index in [0.717, 1.165) is 17.6 Å². The second kappa shape index (κ2) is 3.47. The molecule has 0 aromatic heterocycles.